The van der Waals surface area contributed by atoms with Crippen LogP contribution in [0.25, 0.3) is 0 Å². The molecular weight excluding hydrogens is 303 g/mol. The van der Waals surface area contributed by atoms with Crippen LogP contribution in [0.4, 0.5) is 10.5 Å². The van der Waals surface area contributed by atoms with Gasteiger partial charge in [-0.15, -0.1) is 0 Å². The number of halogens is 2. The van der Waals surface area contributed by atoms with Crippen molar-refractivity contribution >= 4 is 34.9 Å². The second kappa shape index (κ2) is 7.13. The molecule has 0 saturated carbocycles. The van der Waals surface area contributed by atoms with E-state index in [9.17, 15) is 4.79 Å². The highest BCUT2D eigenvalue weighted by molar-refractivity contribution is 6.36. The van der Waals surface area contributed by atoms with Crippen LogP contribution in [0.1, 0.15) is 0 Å². The summed E-state index contributed by atoms with van der Waals surface area (Å²) in [7, 11) is 1.61. The standard InChI is InChI=1S/C13H16Cl2N2O3/c1-19-8-10-7-17(4-5-20-10)13(18)16-12-3-2-9(14)6-11(12)15/h2-3,6,10H,4-5,7-8H2,1H3,(H,16,18)/t10-/m1/s1. The minimum atomic E-state index is -0.210. The van der Waals surface area contributed by atoms with Crippen LogP contribution in [-0.4, -0.2) is 50.4 Å². The molecule has 2 rings (SSSR count). The molecule has 1 saturated heterocycles. The predicted molar refractivity (Wildman–Crippen MR) is 78.7 cm³/mol. The number of benzene rings is 1. The summed E-state index contributed by atoms with van der Waals surface area (Å²) in [6, 6.07) is 4.73. The van der Waals surface area contributed by atoms with E-state index in [1.165, 1.54) is 0 Å². The molecule has 0 radical (unpaired) electrons. The number of hydrogen-bond donors (Lipinski definition) is 1. The molecule has 20 heavy (non-hydrogen) atoms. The zero-order chi connectivity index (χ0) is 14.5. The summed E-state index contributed by atoms with van der Waals surface area (Å²) in [5, 5.41) is 3.71. The Labute approximate surface area is 127 Å². The first kappa shape index (κ1) is 15.4. The van der Waals surface area contributed by atoms with Gasteiger partial charge in [-0.1, -0.05) is 23.2 Å². The van der Waals surface area contributed by atoms with Crippen LogP contribution >= 0.6 is 23.2 Å². The van der Waals surface area contributed by atoms with E-state index in [1.54, 1.807) is 30.2 Å². The van der Waals surface area contributed by atoms with E-state index >= 15 is 0 Å². The Balaban J connectivity index is 1.97. The van der Waals surface area contributed by atoms with Gasteiger partial charge in [0.2, 0.25) is 0 Å². The third-order valence-electron chi connectivity index (χ3n) is 2.95. The van der Waals surface area contributed by atoms with Gasteiger partial charge in [0.05, 0.1) is 36.6 Å². The molecule has 0 aromatic heterocycles. The Hall–Kier alpha value is -1.01. The fourth-order valence-electron chi connectivity index (χ4n) is 1.98. The van der Waals surface area contributed by atoms with Crippen molar-refractivity contribution in [2.45, 2.75) is 6.10 Å². The van der Waals surface area contributed by atoms with Gasteiger partial charge in [-0.25, -0.2) is 4.79 Å². The van der Waals surface area contributed by atoms with Gasteiger partial charge >= 0.3 is 6.03 Å². The molecule has 110 valence electrons. The average Bonchev–Trinajstić information content (AvgIpc) is 2.42. The van der Waals surface area contributed by atoms with Crippen LogP contribution in [0.3, 0.4) is 0 Å². The van der Waals surface area contributed by atoms with Crippen molar-refractivity contribution in [2.75, 3.05) is 38.7 Å². The molecule has 0 bridgehead atoms. The molecule has 1 aromatic rings. The summed E-state index contributed by atoms with van der Waals surface area (Å²) in [4.78, 5) is 13.9. The average molecular weight is 319 g/mol. The second-order valence-corrected chi connectivity index (χ2v) is 5.29. The molecule has 1 fully saturated rings. The first-order chi connectivity index (χ1) is 9.60. The third kappa shape index (κ3) is 3.99. The summed E-state index contributed by atoms with van der Waals surface area (Å²) in [6.45, 7) is 1.99. The van der Waals surface area contributed by atoms with E-state index in [0.29, 0.717) is 42.0 Å². The molecule has 1 heterocycles. The first-order valence-electron chi connectivity index (χ1n) is 6.21. The molecular formula is C13H16Cl2N2O3. The van der Waals surface area contributed by atoms with Gasteiger partial charge in [-0.3, -0.25) is 0 Å². The van der Waals surface area contributed by atoms with Crippen molar-refractivity contribution in [1.82, 2.24) is 4.90 Å². The predicted octanol–water partition coefficient (Wildman–Crippen LogP) is 2.87. The molecule has 0 spiro atoms. The van der Waals surface area contributed by atoms with E-state index in [-0.39, 0.29) is 12.1 Å². The highest BCUT2D eigenvalue weighted by Gasteiger charge is 2.24. The maximum atomic E-state index is 12.2. The fourth-order valence-corrected chi connectivity index (χ4v) is 2.43. The van der Waals surface area contributed by atoms with E-state index < -0.39 is 0 Å². The summed E-state index contributed by atoms with van der Waals surface area (Å²) in [5.74, 6) is 0. The SMILES string of the molecule is COC[C@H]1CN(C(=O)Nc2ccc(Cl)cc2Cl)CCO1. The Morgan fingerprint density at radius 1 is 1.55 bits per heavy atom. The topological polar surface area (TPSA) is 50.8 Å². The number of nitrogens with one attached hydrogen (secondary N) is 1. The van der Waals surface area contributed by atoms with Crippen LogP contribution < -0.4 is 5.32 Å². The lowest BCUT2D eigenvalue weighted by Gasteiger charge is -2.32. The Bertz CT molecular complexity index is 483. The number of ether oxygens (including phenoxy) is 2. The number of nitrogens with zero attached hydrogens (tertiary/aromatic N) is 1. The molecule has 1 N–H and O–H groups in total. The van der Waals surface area contributed by atoms with E-state index in [0.717, 1.165) is 0 Å². The number of amides is 2. The largest absolute Gasteiger partial charge is 0.382 e. The summed E-state index contributed by atoms with van der Waals surface area (Å²) in [5.41, 5.74) is 0.538. The minimum Gasteiger partial charge on any atom is -0.382 e. The monoisotopic (exact) mass is 318 g/mol. The van der Waals surface area contributed by atoms with Crippen LogP contribution in [-0.2, 0) is 9.47 Å². The van der Waals surface area contributed by atoms with Gasteiger partial charge < -0.3 is 19.7 Å². The highest BCUT2D eigenvalue weighted by Crippen LogP contribution is 2.25. The Morgan fingerprint density at radius 3 is 3.05 bits per heavy atom. The zero-order valence-corrected chi connectivity index (χ0v) is 12.6. The lowest BCUT2D eigenvalue weighted by molar-refractivity contribution is -0.0481. The Morgan fingerprint density at radius 2 is 2.35 bits per heavy atom. The van der Waals surface area contributed by atoms with Crippen LogP contribution in [0.15, 0.2) is 18.2 Å². The van der Waals surface area contributed by atoms with Crippen LogP contribution in [0, 0.1) is 0 Å². The van der Waals surface area contributed by atoms with Crippen molar-refractivity contribution in [3.05, 3.63) is 28.2 Å². The maximum absolute atomic E-state index is 12.2. The zero-order valence-electron chi connectivity index (χ0n) is 11.1. The molecule has 7 heteroatoms. The number of urea groups is 1. The normalized spacial score (nSPS) is 18.9. The molecule has 1 atom stereocenters. The van der Waals surface area contributed by atoms with Crippen LogP contribution in [0.5, 0.6) is 0 Å². The van der Waals surface area contributed by atoms with Crippen molar-refractivity contribution < 1.29 is 14.3 Å². The van der Waals surface area contributed by atoms with Gasteiger partial charge in [0.15, 0.2) is 0 Å². The molecule has 2 amide bonds. The van der Waals surface area contributed by atoms with E-state index in [1.807, 2.05) is 0 Å². The molecule has 1 aliphatic heterocycles. The quantitative estimate of drug-likeness (QED) is 0.932. The Kier molecular flexibility index (Phi) is 5.48. The second-order valence-electron chi connectivity index (χ2n) is 4.45. The number of rotatable bonds is 3. The number of carbonyl (C=O) groups excluding carboxylic acids is 1. The van der Waals surface area contributed by atoms with Crippen LogP contribution in [0.2, 0.25) is 10.0 Å². The number of hydrogen-bond acceptors (Lipinski definition) is 3. The van der Waals surface area contributed by atoms with Crippen molar-refractivity contribution in [3.63, 3.8) is 0 Å². The first-order valence-corrected chi connectivity index (χ1v) is 6.97. The maximum Gasteiger partial charge on any atom is 0.322 e. The lowest BCUT2D eigenvalue weighted by atomic mass is 10.3. The van der Waals surface area contributed by atoms with E-state index in [2.05, 4.69) is 5.32 Å². The van der Waals surface area contributed by atoms with Crippen molar-refractivity contribution in [1.29, 1.82) is 0 Å². The molecule has 1 aromatic carbocycles. The summed E-state index contributed by atoms with van der Waals surface area (Å²) < 4.78 is 10.5. The van der Waals surface area contributed by atoms with E-state index in [4.69, 9.17) is 32.7 Å². The molecule has 5 nitrogen and oxygen atoms in total. The number of methoxy groups -OCH3 is 1. The molecule has 0 aliphatic carbocycles. The number of morpholine rings is 1. The summed E-state index contributed by atoms with van der Waals surface area (Å²) in [6.07, 6.45) is -0.0970. The summed E-state index contributed by atoms with van der Waals surface area (Å²) >= 11 is 11.8. The smallest absolute Gasteiger partial charge is 0.322 e. The number of anilines is 1. The highest BCUT2D eigenvalue weighted by atomic mass is 35.5. The molecule has 1 aliphatic rings. The fraction of sp³-hybridized carbons (Fsp3) is 0.462. The minimum absolute atomic E-state index is 0.0970. The van der Waals surface area contributed by atoms with Gasteiger partial charge in [0.1, 0.15) is 0 Å². The third-order valence-corrected chi connectivity index (χ3v) is 3.50. The van der Waals surface area contributed by atoms with Gasteiger partial charge in [0.25, 0.3) is 0 Å². The van der Waals surface area contributed by atoms with Gasteiger partial charge in [-0.2, -0.15) is 0 Å². The molecule has 0 unspecified atom stereocenters. The van der Waals surface area contributed by atoms with Gasteiger partial charge in [-0.05, 0) is 18.2 Å². The van der Waals surface area contributed by atoms with Crippen molar-refractivity contribution in [3.8, 4) is 0 Å². The lowest BCUT2D eigenvalue weighted by Crippen LogP contribution is -2.48. The number of carbonyl (C=O) groups is 1. The van der Waals surface area contributed by atoms with Gasteiger partial charge in [0, 0.05) is 18.7 Å². The van der Waals surface area contributed by atoms with Crippen molar-refractivity contribution in [2.24, 2.45) is 0 Å².